The molecule has 2 amide bonds. The van der Waals surface area contributed by atoms with E-state index in [2.05, 4.69) is 5.32 Å². The first-order valence-corrected chi connectivity index (χ1v) is 7.45. The number of carboxylic acids is 1. The van der Waals surface area contributed by atoms with Crippen LogP contribution in [0.5, 0.6) is 0 Å². The van der Waals surface area contributed by atoms with Crippen LogP contribution < -0.4 is 11.1 Å². The van der Waals surface area contributed by atoms with Crippen molar-refractivity contribution < 1.29 is 38.2 Å². The molecule has 25 heavy (non-hydrogen) atoms. The lowest BCUT2D eigenvalue weighted by molar-refractivity contribution is -0.256. The highest BCUT2D eigenvalue weighted by Gasteiger charge is 2.59. The number of hydrogen-bond acceptors (Lipinski definition) is 7. The van der Waals surface area contributed by atoms with E-state index in [1.165, 1.54) is 0 Å². The molecule has 2 rings (SSSR count). The summed E-state index contributed by atoms with van der Waals surface area (Å²) in [5.41, 5.74) is 2.51. The van der Waals surface area contributed by atoms with Crippen molar-refractivity contribution in [1.82, 2.24) is 10.4 Å². The Balaban J connectivity index is 2.03. The third kappa shape index (κ3) is 3.74. The Morgan fingerprint density at radius 2 is 2.20 bits per heavy atom. The minimum atomic E-state index is -2.22. The second kappa shape index (κ2) is 7.11. The summed E-state index contributed by atoms with van der Waals surface area (Å²) in [7, 11) is 0. The largest absolute Gasteiger partial charge is 0.477 e. The molecule has 0 aromatic heterocycles. The Hall–Kier alpha value is -2.60. The molecule has 2 heterocycles. The molecule has 12 heteroatoms. The molecule has 2 saturated heterocycles. The van der Waals surface area contributed by atoms with E-state index in [9.17, 15) is 28.7 Å². The lowest BCUT2D eigenvalue weighted by Crippen LogP contribution is -2.56. The number of nitrogens with one attached hydrogen (secondary N) is 1. The molecule has 2 fully saturated rings. The number of primary amides is 1. The number of rotatable bonds is 6. The molecule has 0 aromatic rings. The van der Waals surface area contributed by atoms with E-state index in [1.54, 1.807) is 0 Å². The summed E-state index contributed by atoms with van der Waals surface area (Å²) in [4.78, 5) is 50.8. The maximum atomic E-state index is 13.0. The molecule has 4 N–H and O–H groups in total. The molecule has 1 unspecified atom stereocenters. The van der Waals surface area contributed by atoms with Gasteiger partial charge in [-0.25, -0.2) is 9.18 Å². The lowest BCUT2D eigenvalue weighted by atomic mass is 10.1. The van der Waals surface area contributed by atoms with Crippen molar-refractivity contribution in [3.63, 3.8) is 0 Å². The number of carbonyl (C=O) groups is 4. The van der Waals surface area contributed by atoms with E-state index in [-0.39, 0.29) is 30.9 Å². The van der Waals surface area contributed by atoms with E-state index in [4.69, 9.17) is 27.5 Å². The molecule has 2 atom stereocenters. The third-order valence-corrected chi connectivity index (χ3v) is 3.80. The van der Waals surface area contributed by atoms with Gasteiger partial charge in [-0.05, 0) is 6.08 Å². The summed E-state index contributed by atoms with van der Waals surface area (Å²) < 4.78 is 17.8. The van der Waals surface area contributed by atoms with Crippen molar-refractivity contribution in [2.45, 2.75) is 31.0 Å². The average Bonchev–Trinajstić information content (AvgIpc) is 3.09. The fourth-order valence-electron chi connectivity index (χ4n) is 2.29. The number of aliphatic carboxylic acids is 1. The highest BCUT2D eigenvalue weighted by molar-refractivity contribution is 7.80. The van der Waals surface area contributed by atoms with Gasteiger partial charge in [0.1, 0.15) is 12.6 Å². The number of cyclic esters (lactones) is 1. The van der Waals surface area contributed by atoms with E-state index in [1.807, 2.05) is 0 Å². The van der Waals surface area contributed by atoms with Crippen LogP contribution in [-0.2, 0) is 28.8 Å². The van der Waals surface area contributed by atoms with Gasteiger partial charge < -0.3 is 20.9 Å². The van der Waals surface area contributed by atoms with Gasteiger partial charge in [-0.2, -0.15) is 5.06 Å². The second-order valence-corrected chi connectivity index (χ2v) is 5.73. The first-order chi connectivity index (χ1) is 11.7. The van der Waals surface area contributed by atoms with E-state index in [0.29, 0.717) is 5.06 Å². The molecule has 136 valence electrons. The zero-order valence-electron chi connectivity index (χ0n) is 12.7. The molecular weight excluding hydrogens is 361 g/mol. The van der Waals surface area contributed by atoms with Crippen LogP contribution >= 0.6 is 12.2 Å². The standard InChI is InChI=1S/C13H14FN3O7S/c14-6(10(15)19)1-2-8(25)16-7-5-23-17(11(7)20)13(12(21)22)4-3-9(18)24-13/h1,7H,2-5H2,(H2,15,19)(H,16,25)(H,21,22)/b6-1-/t7-,13?/m0/s1. The predicted octanol–water partition coefficient (Wildman–Crippen LogP) is -1.11. The Morgan fingerprint density at radius 1 is 1.52 bits per heavy atom. The Morgan fingerprint density at radius 3 is 2.72 bits per heavy atom. The number of thiocarbonyl (C=S) groups is 1. The minimum Gasteiger partial charge on any atom is -0.477 e. The zero-order chi connectivity index (χ0) is 18.8. The number of nitrogens with two attached hydrogens (primary N) is 1. The number of ether oxygens (including phenoxy) is 1. The topological polar surface area (TPSA) is 148 Å². The molecule has 0 aliphatic carbocycles. The monoisotopic (exact) mass is 375 g/mol. The van der Waals surface area contributed by atoms with E-state index in [0.717, 1.165) is 6.08 Å². The van der Waals surface area contributed by atoms with Crippen LogP contribution in [0.1, 0.15) is 19.3 Å². The number of hydroxylamine groups is 2. The van der Waals surface area contributed by atoms with E-state index >= 15 is 0 Å². The molecule has 0 bridgehead atoms. The molecule has 0 aromatic carbocycles. The number of amides is 2. The van der Waals surface area contributed by atoms with Crippen LogP contribution in [0.15, 0.2) is 11.9 Å². The van der Waals surface area contributed by atoms with Crippen LogP contribution in [0.25, 0.3) is 0 Å². The highest BCUT2D eigenvalue weighted by atomic mass is 32.1. The zero-order valence-corrected chi connectivity index (χ0v) is 13.5. The van der Waals surface area contributed by atoms with Crippen molar-refractivity contribution in [3.8, 4) is 0 Å². The van der Waals surface area contributed by atoms with E-state index < -0.39 is 41.3 Å². The van der Waals surface area contributed by atoms with Gasteiger partial charge in [-0.15, -0.1) is 0 Å². The third-order valence-electron chi connectivity index (χ3n) is 3.52. The quantitative estimate of drug-likeness (QED) is 0.298. The average molecular weight is 375 g/mol. The maximum Gasteiger partial charge on any atom is 0.372 e. The maximum absolute atomic E-state index is 13.0. The van der Waals surface area contributed by atoms with Crippen molar-refractivity contribution in [2.24, 2.45) is 5.73 Å². The molecular formula is C13H14FN3O7S. The highest BCUT2D eigenvalue weighted by Crippen LogP contribution is 2.34. The fourth-order valence-corrected chi connectivity index (χ4v) is 2.52. The second-order valence-electron chi connectivity index (χ2n) is 5.23. The number of nitrogens with zero attached hydrogens (tertiary/aromatic N) is 1. The number of hydrogen-bond donors (Lipinski definition) is 3. The molecule has 0 saturated carbocycles. The van der Waals surface area contributed by atoms with Gasteiger partial charge in [0.05, 0.1) is 11.4 Å². The van der Waals surface area contributed by atoms with Gasteiger partial charge in [-0.1, -0.05) is 12.2 Å². The van der Waals surface area contributed by atoms with Gasteiger partial charge in [0, 0.05) is 12.8 Å². The smallest absolute Gasteiger partial charge is 0.372 e. The minimum absolute atomic E-state index is 0.00740. The summed E-state index contributed by atoms with van der Waals surface area (Å²) in [6.45, 7) is -0.270. The molecule has 0 spiro atoms. The number of carboxylic acid groups (broad SMARTS) is 1. The summed E-state index contributed by atoms with van der Waals surface area (Å²) >= 11 is 4.92. The Labute approximate surface area is 145 Å². The summed E-state index contributed by atoms with van der Waals surface area (Å²) in [5.74, 6) is -5.54. The van der Waals surface area contributed by atoms with Crippen LogP contribution in [-0.4, -0.2) is 57.3 Å². The van der Waals surface area contributed by atoms with Gasteiger partial charge in [0.15, 0.2) is 5.83 Å². The summed E-state index contributed by atoms with van der Waals surface area (Å²) in [6.07, 6.45) is 0.212. The normalized spacial score (nSPS) is 26.5. The van der Waals surface area contributed by atoms with Crippen molar-refractivity contribution in [1.29, 1.82) is 0 Å². The van der Waals surface area contributed by atoms with Gasteiger partial charge >= 0.3 is 17.7 Å². The molecule has 2 aliphatic rings. The first kappa shape index (κ1) is 18.7. The fraction of sp³-hybridized carbons (Fsp3) is 0.462. The van der Waals surface area contributed by atoms with Gasteiger partial charge in [-0.3, -0.25) is 19.2 Å². The SMILES string of the molecule is NC(=O)/C(F)=C/CC(=S)N[C@H]1CON(C2(C(=O)O)CCC(=O)O2)C1=O. The lowest BCUT2D eigenvalue weighted by Gasteiger charge is -2.30. The van der Waals surface area contributed by atoms with Crippen LogP contribution in [0.4, 0.5) is 4.39 Å². The number of halogens is 1. The van der Waals surface area contributed by atoms with Crippen LogP contribution in [0.3, 0.4) is 0 Å². The first-order valence-electron chi connectivity index (χ1n) is 7.04. The predicted molar refractivity (Wildman–Crippen MR) is 81.0 cm³/mol. The van der Waals surface area contributed by atoms with Gasteiger partial charge in [0.25, 0.3) is 11.8 Å². The number of carbonyl (C=O) groups excluding carboxylic acids is 3. The van der Waals surface area contributed by atoms with Crippen molar-refractivity contribution >= 4 is 41.0 Å². The van der Waals surface area contributed by atoms with Crippen molar-refractivity contribution in [3.05, 3.63) is 11.9 Å². The number of esters is 1. The Bertz CT molecular complexity index is 683. The molecule has 0 radical (unpaired) electrons. The molecule has 10 nitrogen and oxygen atoms in total. The Kier molecular flexibility index (Phi) is 5.33. The summed E-state index contributed by atoms with van der Waals surface area (Å²) in [6, 6.07) is -1.05. The molecule has 2 aliphatic heterocycles. The van der Waals surface area contributed by atoms with Crippen LogP contribution in [0, 0.1) is 0 Å². The summed E-state index contributed by atoms with van der Waals surface area (Å²) in [5, 5.41) is 12.4. The van der Waals surface area contributed by atoms with Gasteiger partial charge in [0.2, 0.25) is 0 Å². The van der Waals surface area contributed by atoms with Crippen LogP contribution in [0.2, 0.25) is 0 Å². The van der Waals surface area contributed by atoms with Crippen molar-refractivity contribution in [2.75, 3.05) is 6.61 Å².